The molecule has 0 aliphatic carbocycles. The number of hydrogen-bond acceptors (Lipinski definition) is 4. The lowest BCUT2D eigenvalue weighted by molar-refractivity contribution is 0.397. The standard InChI is InChI=1S/C25H27ClN2O4S/c1-25(2,3)22-13-18(21-14-19(26)15-27-24(21)29)12-17(23(22)32-4)9-6-16-7-10-20(11-8-16)28-33(5,30)31/h6-15,28H,1-5H3,(H,27,29)/b9-6+/i1D3,2D3,3D3. The van der Waals surface area contributed by atoms with E-state index in [0.29, 0.717) is 11.3 Å². The Morgan fingerprint density at radius 3 is 2.42 bits per heavy atom. The summed E-state index contributed by atoms with van der Waals surface area (Å²) in [6.45, 7) is -10.8. The Balaban J connectivity index is 2.42. The van der Waals surface area contributed by atoms with Gasteiger partial charge < -0.3 is 9.72 Å². The maximum atomic E-state index is 12.8. The first kappa shape index (κ1) is 15.0. The predicted molar refractivity (Wildman–Crippen MR) is 137 cm³/mol. The van der Waals surface area contributed by atoms with Crippen molar-refractivity contribution in [3.63, 3.8) is 0 Å². The average molecular weight is 496 g/mol. The molecule has 0 aliphatic heterocycles. The third kappa shape index (κ3) is 6.27. The second kappa shape index (κ2) is 9.45. The first-order chi connectivity index (χ1) is 19.1. The van der Waals surface area contributed by atoms with Gasteiger partial charge in [-0.05, 0) is 46.9 Å². The molecule has 2 aromatic carbocycles. The molecule has 174 valence electrons. The minimum atomic E-state index is -3.60. The predicted octanol–water partition coefficient (Wildman–Crippen LogP) is 5.54. The molecule has 33 heavy (non-hydrogen) atoms. The molecule has 0 saturated heterocycles. The number of rotatable bonds is 6. The quantitative estimate of drug-likeness (QED) is 0.439. The van der Waals surface area contributed by atoms with Gasteiger partial charge in [-0.25, -0.2) is 8.42 Å². The van der Waals surface area contributed by atoms with E-state index in [9.17, 15) is 13.2 Å². The summed E-state index contributed by atoms with van der Waals surface area (Å²) < 4.78 is 105. The number of sulfonamides is 1. The number of benzene rings is 2. The number of anilines is 1. The van der Waals surface area contributed by atoms with E-state index in [1.54, 1.807) is 12.1 Å². The van der Waals surface area contributed by atoms with Crippen LogP contribution >= 0.6 is 11.6 Å². The van der Waals surface area contributed by atoms with Crippen molar-refractivity contribution in [2.45, 2.75) is 26.0 Å². The third-order valence-electron chi connectivity index (χ3n) is 4.57. The number of aromatic nitrogens is 1. The molecular weight excluding hydrogens is 460 g/mol. The maximum absolute atomic E-state index is 12.8. The minimum Gasteiger partial charge on any atom is -0.496 e. The normalized spacial score (nSPS) is 17.4. The van der Waals surface area contributed by atoms with Gasteiger partial charge in [-0.2, -0.15) is 0 Å². The van der Waals surface area contributed by atoms with E-state index >= 15 is 0 Å². The Morgan fingerprint density at radius 2 is 1.82 bits per heavy atom. The highest BCUT2D eigenvalue weighted by atomic mass is 35.5. The number of ether oxygens (including phenoxy) is 1. The smallest absolute Gasteiger partial charge is 0.255 e. The summed E-state index contributed by atoms with van der Waals surface area (Å²) in [5.41, 5.74) is -3.94. The summed E-state index contributed by atoms with van der Waals surface area (Å²) in [6, 6.07) is 9.83. The molecule has 6 nitrogen and oxygen atoms in total. The number of aromatic amines is 1. The third-order valence-corrected chi connectivity index (χ3v) is 5.40. The van der Waals surface area contributed by atoms with Crippen LogP contribution in [-0.2, 0) is 15.4 Å². The van der Waals surface area contributed by atoms with Gasteiger partial charge in [0.05, 0.1) is 18.4 Å². The van der Waals surface area contributed by atoms with Gasteiger partial charge in [-0.1, -0.05) is 56.4 Å². The van der Waals surface area contributed by atoms with Gasteiger partial charge in [0, 0.05) is 40.9 Å². The highest BCUT2D eigenvalue weighted by molar-refractivity contribution is 7.92. The van der Waals surface area contributed by atoms with Crippen LogP contribution in [0.1, 0.15) is 49.6 Å². The van der Waals surface area contributed by atoms with Crippen molar-refractivity contribution in [2.75, 3.05) is 18.1 Å². The van der Waals surface area contributed by atoms with E-state index in [1.165, 1.54) is 42.6 Å². The zero-order valence-electron chi connectivity index (χ0n) is 26.7. The molecule has 2 N–H and O–H groups in total. The molecule has 0 atom stereocenters. The van der Waals surface area contributed by atoms with E-state index < -0.39 is 47.1 Å². The highest BCUT2D eigenvalue weighted by Gasteiger charge is 2.23. The van der Waals surface area contributed by atoms with E-state index in [-0.39, 0.29) is 27.5 Å². The van der Waals surface area contributed by atoms with Crippen molar-refractivity contribution in [3.05, 3.63) is 80.7 Å². The van der Waals surface area contributed by atoms with Crippen LogP contribution in [0.15, 0.2) is 53.5 Å². The van der Waals surface area contributed by atoms with Crippen LogP contribution in [0.5, 0.6) is 5.75 Å². The molecule has 0 spiro atoms. The number of hydrogen-bond donors (Lipinski definition) is 2. The first-order valence-electron chi connectivity index (χ1n) is 14.0. The van der Waals surface area contributed by atoms with Crippen LogP contribution < -0.4 is 15.0 Å². The monoisotopic (exact) mass is 495 g/mol. The Bertz CT molecular complexity index is 1630. The van der Waals surface area contributed by atoms with Crippen molar-refractivity contribution in [1.29, 1.82) is 0 Å². The molecule has 1 aromatic heterocycles. The molecule has 0 radical (unpaired) electrons. The van der Waals surface area contributed by atoms with Gasteiger partial charge >= 0.3 is 0 Å². The van der Waals surface area contributed by atoms with E-state index in [1.807, 2.05) is 0 Å². The molecule has 3 rings (SSSR count). The zero-order valence-corrected chi connectivity index (χ0v) is 19.3. The lowest BCUT2D eigenvalue weighted by Gasteiger charge is -2.24. The summed E-state index contributed by atoms with van der Waals surface area (Å²) in [4.78, 5) is 15.2. The summed E-state index contributed by atoms with van der Waals surface area (Å²) in [5.74, 6) is -0.341. The fourth-order valence-corrected chi connectivity index (χ4v) is 3.90. The number of pyridine rings is 1. The summed E-state index contributed by atoms with van der Waals surface area (Å²) in [7, 11) is -2.37. The molecule has 0 unspecified atom stereocenters. The van der Waals surface area contributed by atoms with Gasteiger partial charge in [0.1, 0.15) is 5.75 Å². The van der Waals surface area contributed by atoms with Gasteiger partial charge in [-0.15, -0.1) is 0 Å². The summed E-state index contributed by atoms with van der Waals surface area (Å²) in [6.07, 6.45) is 5.17. The highest BCUT2D eigenvalue weighted by Crippen LogP contribution is 2.38. The number of H-pyrrole nitrogens is 1. The molecule has 0 fully saturated rings. The van der Waals surface area contributed by atoms with Crippen molar-refractivity contribution in [2.24, 2.45) is 0 Å². The van der Waals surface area contributed by atoms with Gasteiger partial charge in [-0.3, -0.25) is 9.52 Å². The summed E-state index contributed by atoms with van der Waals surface area (Å²) in [5, 5.41) is 0.107. The lowest BCUT2D eigenvalue weighted by atomic mass is 9.83. The first-order valence-corrected chi connectivity index (χ1v) is 11.8. The van der Waals surface area contributed by atoms with Gasteiger partial charge in [0.25, 0.3) is 5.56 Å². The van der Waals surface area contributed by atoms with E-state index in [2.05, 4.69) is 9.71 Å². The number of halogens is 1. The molecule has 8 heteroatoms. The molecule has 0 amide bonds. The average Bonchev–Trinajstić information content (AvgIpc) is 2.81. The second-order valence-corrected chi connectivity index (χ2v) is 9.47. The molecule has 0 bridgehead atoms. The fourth-order valence-electron chi connectivity index (χ4n) is 3.17. The second-order valence-electron chi connectivity index (χ2n) is 7.29. The fraction of sp³-hybridized carbons (Fsp3) is 0.240. The van der Waals surface area contributed by atoms with Crippen molar-refractivity contribution in [1.82, 2.24) is 4.98 Å². The van der Waals surface area contributed by atoms with Crippen LogP contribution in [-0.4, -0.2) is 26.8 Å². The zero-order chi connectivity index (χ0) is 31.9. The van der Waals surface area contributed by atoms with Gasteiger partial charge in [0.2, 0.25) is 10.0 Å². The lowest BCUT2D eigenvalue weighted by Crippen LogP contribution is -2.15. The van der Waals surface area contributed by atoms with E-state index in [4.69, 9.17) is 28.7 Å². The number of methoxy groups -OCH3 is 1. The summed E-state index contributed by atoms with van der Waals surface area (Å²) >= 11 is 6.08. The van der Waals surface area contributed by atoms with Crippen LogP contribution in [0.3, 0.4) is 0 Å². The number of nitrogens with one attached hydrogen (secondary N) is 2. The van der Waals surface area contributed by atoms with Crippen molar-refractivity contribution < 1.29 is 25.5 Å². The Hall–Kier alpha value is -3.03. The maximum Gasteiger partial charge on any atom is 0.255 e. The largest absolute Gasteiger partial charge is 0.496 e. The molecule has 3 aromatic rings. The molecule has 1 heterocycles. The molecular formula is C25H27ClN2O4S. The Kier molecular flexibility index (Phi) is 4.29. The molecule has 0 aliphatic rings. The molecule has 0 saturated carbocycles. The van der Waals surface area contributed by atoms with Crippen molar-refractivity contribution >= 4 is 39.5 Å². The van der Waals surface area contributed by atoms with Crippen molar-refractivity contribution in [3.8, 4) is 16.9 Å². The van der Waals surface area contributed by atoms with Crippen LogP contribution in [0, 0.1) is 0 Å². The topological polar surface area (TPSA) is 88.3 Å². The Labute approximate surface area is 212 Å². The van der Waals surface area contributed by atoms with Crippen LogP contribution in [0.25, 0.3) is 23.3 Å². The minimum absolute atomic E-state index is 0.0102. The van der Waals surface area contributed by atoms with E-state index in [0.717, 1.165) is 19.4 Å². The SMILES string of the molecule is [2H]C([2H])([2H])C(c1cc(-c2cc(Cl)c[nH]c2=O)cc(/C=C/c2ccc(NS(C)(=O)=O)cc2)c1OC)(C([2H])([2H])[2H])C([2H])([2H])[2H]. The van der Waals surface area contributed by atoms with Gasteiger partial charge in [0.15, 0.2) is 0 Å². The van der Waals surface area contributed by atoms with Crippen LogP contribution in [0.2, 0.25) is 5.02 Å². The Morgan fingerprint density at radius 1 is 1.12 bits per heavy atom. The van der Waals surface area contributed by atoms with Crippen LogP contribution in [0.4, 0.5) is 5.69 Å².